The van der Waals surface area contributed by atoms with Gasteiger partial charge in [-0.25, -0.2) is 9.79 Å². The van der Waals surface area contributed by atoms with Crippen molar-refractivity contribution < 1.29 is 28.5 Å². The Morgan fingerprint density at radius 3 is 2.57 bits per heavy atom. The number of amides is 1. The van der Waals surface area contributed by atoms with E-state index in [0.29, 0.717) is 28.4 Å². The van der Waals surface area contributed by atoms with Crippen molar-refractivity contribution in [3.63, 3.8) is 0 Å². The molecule has 28 heavy (non-hydrogen) atoms. The van der Waals surface area contributed by atoms with Crippen LogP contribution in [0.1, 0.15) is 11.1 Å². The number of hydrogen-bond acceptors (Lipinski definition) is 7. The van der Waals surface area contributed by atoms with Gasteiger partial charge in [0.2, 0.25) is 5.90 Å². The Morgan fingerprint density at radius 1 is 1.11 bits per heavy atom. The summed E-state index contributed by atoms with van der Waals surface area (Å²) < 4.78 is 21.1. The second kappa shape index (κ2) is 8.26. The molecule has 2 aromatic rings. The first-order valence-electron chi connectivity index (χ1n) is 8.27. The van der Waals surface area contributed by atoms with Gasteiger partial charge < -0.3 is 24.7 Å². The zero-order valence-corrected chi connectivity index (χ0v) is 15.3. The number of cyclic esters (lactones) is 1. The Hall–Kier alpha value is -3.81. The van der Waals surface area contributed by atoms with Gasteiger partial charge in [-0.05, 0) is 35.9 Å². The highest BCUT2D eigenvalue weighted by Crippen LogP contribution is 2.30. The molecule has 0 bridgehead atoms. The van der Waals surface area contributed by atoms with Crippen LogP contribution >= 0.6 is 0 Å². The highest BCUT2D eigenvalue weighted by molar-refractivity contribution is 6.13. The number of methoxy groups -OCH3 is 2. The second-order valence-corrected chi connectivity index (χ2v) is 5.70. The number of nitrogens with zero attached hydrogens (tertiary/aromatic N) is 1. The minimum Gasteiger partial charge on any atom is -0.496 e. The van der Waals surface area contributed by atoms with E-state index in [0.717, 1.165) is 0 Å². The van der Waals surface area contributed by atoms with Gasteiger partial charge in [-0.3, -0.25) is 4.79 Å². The van der Waals surface area contributed by atoms with Crippen LogP contribution in [0.3, 0.4) is 0 Å². The van der Waals surface area contributed by atoms with Crippen molar-refractivity contribution in [3.8, 4) is 17.2 Å². The smallest absolute Gasteiger partial charge is 0.363 e. The fourth-order valence-electron chi connectivity index (χ4n) is 2.55. The summed E-state index contributed by atoms with van der Waals surface area (Å²) in [4.78, 5) is 27.4. The molecular weight excluding hydrogens is 364 g/mol. The molecule has 0 saturated heterocycles. The number of para-hydroxylation sites is 1. The van der Waals surface area contributed by atoms with Crippen LogP contribution in [-0.2, 0) is 14.3 Å². The molecule has 1 aliphatic heterocycles. The van der Waals surface area contributed by atoms with Crippen LogP contribution in [0, 0.1) is 0 Å². The van der Waals surface area contributed by atoms with Gasteiger partial charge in [0.05, 0.1) is 19.8 Å². The lowest BCUT2D eigenvalue weighted by Crippen LogP contribution is -2.20. The maximum Gasteiger partial charge on any atom is 0.363 e. The van der Waals surface area contributed by atoms with E-state index in [-0.39, 0.29) is 18.2 Å². The molecule has 3 rings (SSSR count). The molecule has 1 amide bonds. The van der Waals surface area contributed by atoms with Crippen molar-refractivity contribution in [1.82, 2.24) is 0 Å². The van der Waals surface area contributed by atoms with Gasteiger partial charge in [-0.15, -0.1) is 0 Å². The molecule has 8 nitrogen and oxygen atoms in total. The normalized spacial score (nSPS) is 14.4. The van der Waals surface area contributed by atoms with Gasteiger partial charge >= 0.3 is 5.97 Å². The van der Waals surface area contributed by atoms with Crippen molar-refractivity contribution in [1.29, 1.82) is 0 Å². The Bertz CT molecular complexity index is 980. The number of carbonyl (C=O) groups excluding carboxylic acids is 2. The molecule has 0 aliphatic carbocycles. The average molecular weight is 382 g/mol. The number of nitrogens with two attached hydrogens (primary N) is 1. The van der Waals surface area contributed by atoms with Crippen LogP contribution in [0.15, 0.2) is 53.2 Å². The van der Waals surface area contributed by atoms with Gasteiger partial charge in [0.15, 0.2) is 23.8 Å². The first-order valence-corrected chi connectivity index (χ1v) is 8.27. The number of rotatable bonds is 7. The third-order valence-electron chi connectivity index (χ3n) is 3.82. The topological polar surface area (TPSA) is 109 Å². The predicted octanol–water partition coefficient (Wildman–Crippen LogP) is 1.91. The van der Waals surface area contributed by atoms with Gasteiger partial charge in [-0.1, -0.05) is 18.2 Å². The van der Waals surface area contributed by atoms with Crippen molar-refractivity contribution in [2.75, 3.05) is 20.8 Å². The Kier molecular flexibility index (Phi) is 5.59. The molecule has 0 unspecified atom stereocenters. The van der Waals surface area contributed by atoms with Crippen LogP contribution in [0.2, 0.25) is 0 Å². The number of benzene rings is 2. The van der Waals surface area contributed by atoms with Crippen LogP contribution in [0.5, 0.6) is 17.2 Å². The molecule has 1 aliphatic rings. The molecule has 0 spiro atoms. The molecule has 1 heterocycles. The van der Waals surface area contributed by atoms with Crippen molar-refractivity contribution >= 4 is 23.9 Å². The van der Waals surface area contributed by atoms with E-state index in [1.165, 1.54) is 14.2 Å². The predicted molar refractivity (Wildman–Crippen MR) is 101 cm³/mol. The third kappa shape index (κ3) is 4.12. The monoisotopic (exact) mass is 382 g/mol. The molecule has 0 fully saturated rings. The number of aliphatic imine (C=N–C) groups is 1. The van der Waals surface area contributed by atoms with E-state index in [1.807, 2.05) is 6.07 Å². The number of primary amides is 1. The van der Waals surface area contributed by atoms with Gasteiger partial charge in [0, 0.05) is 0 Å². The average Bonchev–Trinajstić information content (AvgIpc) is 3.06. The SMILES string of the molecule is COc1cc(/C=C2/N=C(c3ccccc3OC)OC2=O)ccc1OCC(N)=O. The molecule has 0 saturated carbocycles. The second-order valence-electron chi connectivity index (χ2n) is 5.70. The summed E-state index contributed by atoms with van der Waals surface area (Å²) in [6.45, 7) is -0.268. The van der Waals surface area contributed by atoms with Crippen LogP contribution < -0.4 is 19.9 Å². The molecule has 0 aromatic heterocycles. The third-order valence-corrected chi connectivity index (χ3v) is 3.82. The summed E-state index contributed by atoms with van der Waals surface area (Å²) in [6.07, 6.45) is 1.56. The lowest BCUT2D eigenvalue weighted by atomic mass is 10.1. The number of carbonyl (C=O) groups is 2. The van der Waals surface area contributed by atoms with Crippen molar-refractivity contribution in [2.24, 2.45) is 10.7 Å². The minimum atomic E-state index is -0.597. The number of ether oxygens (including phenoxy) is 4. The molecular formula is C20H18N2O6. The summed E-state index contributed by atoms with van der Waals surface area (Å²) in [7, 11) is 2.99. The number of hydrogen-bond donors (Lipinski definition) is 1. The summed E-state index contributed by atoms with van der Waals surface area (Å²) in [5, 5.41) is 0. The van der Waals surface area contributed by atoms with Crippen molar-refractivity contribution in [3.05, 3.63) is 59.3 Å². The van der Waals surface area contributed by atoms with E-state index in [1.54, 1.807) is 42.5 Å². The van der Waals surface area contributed by atoms with E-state index in [2.05, 4.69) is 4.99 Å². The number of esters is 1. The maximum absolute atomic E-state index is 12.2. The summed E-state index contributed by atoms with van der Waals surface area (Å²) in [5.41, 5.74) is 6.43. The highest BCUT2D eigenvalue weighted by atomic mass is 16.6. The lowest BCUT2D eigenvalue weighted by Gasteiger charge is -2.09. The minimum absolute atomic E-state index is 0.133. The molecule has 8 heteroatoms. The lowest BCUT2D eigenvalue weighted by molar-refractivity contribution is -0.130. The maximum atomic E-state index is 12.2. The molecule has 144 valence electrons. The summed E-state index contributed by atoms with van der Waals surface area (Å²) in [6, 6.07) is 12.1. The van der Waals surface area contributed by atoms with E-state index < -0.39 is 11.9 Å². The first kappa shape index (κ1) is 19.0. The Morgan fingerprint density at radius 2 is 1.86 bits per heavy atom. The van der Waals surface area contributed by atoms with Crippen molar-refractivity contribution in [2.45, 2.75) is 0 Å². The highest BCUT2D eigenvalue weighted by Gasteiger charge is 2.26. The van der Waals surface area contributed by atoms with Crippen LogP contribution in [0.25, 0.3) is 6.08 Å². The van der Waals surface area contributed by atoms with E-state index in [9.17, 15) is 9.59 Å². The molecule has 2 aromatic carbocycles. The Labute approximate surface area is 161 Å². The standard InChI is InChI=1S/C20H18N2O6/c1-25-15-6-4-3-5-13(15)19-22-14(20(24)28-19)9-12-7-8-16(17(10-12)26-2)27-11-18(21)23/h3-10H,11H2,1-2H3,(H2,21,23)/b14-9+. The summed E-state index contributed by atoms with van der Waals surface area (Å²) in [5.74, 6) is 0.288. The van der Waals surface area contributed by atoms with E-state index >= 15 is 0 Å². The quantitative estimate of drug-likeness (QED) is 0.579. The Balaban J connectivity index is 1.89. The fourth-order valence-corrected chi connectivity index (χ4v) is 2.55. The summed E-state index contributed by atoms with van der Waals surface area (Å²) >= 11 is 0. The van der Waals surface area contributed by atoms with Gasteiger partial charge in [0.25, 0.3) is 5.91 Å². The first-order chi connectivity index (χ1) is 13.5. The fraction of sp³-hybridized carbons (Fsp3) is 0.150. The largest absolute Gasteiger partial charge is 0.496 e. The van der Waals surface area contributed by atoms with E-state index in [4.69, 9.17) is 24.7 Å². The van der Waals surface area contributed by atoms with Gasteiger partial charge in [-0.2, -0.15) is 0 Å². The zero-order chi connectivity index (χ0) is 20.1. The van der Waals surface area contributed by atoms with Crippen LogP contribution in [-0.4, -0.2) is 38.6 Å². The van der Waals surface area contributed by atoms with Crippen LogP contribution in [0.4, 0.5) is 0 Å². The van der Waals surface area contributed by atoms with Gasteiger partial charge in [0.1, 0.15) is 5.75 Å². The molecule has 0 atom stereocenters. The molecule has 2 N–H and O–H groups in total. The molecule has 0 radical (unpaired) electrons. The zero-order valence-electron chi connectivity index (χ0n) is 15.3.